The van der Waals surface area contributed by atoms with Gasteiger partial charge in [0.2, 0.25) is 0 Å². The summed E-state index contributed by atoms with van der Waals surface area (Å²) in [5.41, 5.74) is 0.732. The number of carbonyl (C=O) groups is 2. The molecule has 2 heterocycles. The average molecular weight is 510 g/mol. The molecule has 0 aliphatic carbocycles. The Morgan fingerprint density at radius 2 is 2.03 bits per heavy atom. The summed E-state index contributed by atoms with van der Waals surface area (Å²) in [6, 6.07) is 2.78. The van der Waals surface area contributed by atoms with E-state index in [1.807, 2.05) is 18.7 Å². The first-order valence-electron chi connectivity index (χ1n) is 13.1. The topological polar surface area (TPSA) is 107 Å². The Hall–Kier alpha value is -2.46. The zero-order valence-electron chi connectivity index (χ0n) is 22.3. The van der Waals surface area contributed by atoms with E-state index in [9.17, 15) is 19.1 Å². The zero-order chi connectivity index (χ0) is 26.6. The number of carbonyl (C=O) groups excluding carboxylic acids is 1. The Labute approximate surface area is 214 Å². The number of carboxylic acids is 1. The van der Waals surface area contributed by atoms with Crippen LogP contribution in [0.15, 0.2) is 12.1 Å². The highest BCUT2D eigenvalue weighted by Gasteiger charge is 2.28. The number of nitrogens with zero attached hydrogens (tertiary/aromatic N) is 3. The Kier molecular flexibility index (Phi) is 12.4. The van der Waals surface area contributed by atoms with Gasteiger partial charge in [-0.3, -0.25) is 4.90 Å². The number of rotatable bonds is 16. The molecule has 0 fully saturated rings. The minimum Gasteiger partial charge on any atom is -0.480 e. The second-order valence-corrected chi connectivity index (χ2v) is 9.72. The van der Waals surface area contributed by atoms with Crippen LogP contribution in [-0.4, -0.2) is 96.6 Å². The average Bonchev–Trinajstić information content (AvgIpc) is 2.84. The number of methoxy groups -OCH3 is 1. The van der Waals surface area contributed by atoms with Crippen LogP contribution in [0.3, 0.4) is 0 Å². The van der Waals surface area contributed by atoms with E-state index in [1.165, 1.54) is 24.5 Å². The third-order valence-corrected chi connectivity index (χ3v) is 6.49. The van der Waals surface area contributed by atoms with Gasteiger partial charge < -0.3 is 25.4 Å². The van der Waals surface area contributed by atoms with Gasteiger partial charge in [-0.2, -0.15) is 0 Å². The molecule has 3 N–H and O–H groups in total. The van der Waals surface area contributed by atoms with E-state index >= 15 is 0 Å². The first kappa shape index (κ1) is 29.8. The van der Waals surface area contributed by atoms with Gasteiger partial charge in [0.1, 0.15) is 17.5 Å². The lowest BCUT2D eigenvalue weighted by molar-refractivity contribution is -0.139. The molecule has 1 aliphatic rings. The molecule has 1 aromatic heterocycles. The van der Waals surface area contributed by atoms with E-state index in [-0.39, 0.29) is 19.6 Å². The molecule has 0 saturated carbocycles. The van der Waals surface area contributed by atoms with Crippen LogP contribution < -0.4 is 10.6 Å². The molecular weight excluding hydrogens is 465 g/mol. The first-order chi connectivity index (χ1) is 17.2. The molecule has 2 rings (SSSR count). The van der Waals surface area contributed by atoms with Gasteiger partial charge in [-0.15, -0.1) is 0 Å². The summed E-state index contributed by atoms with van der Waals surface area (Å²) in [4.78, 5) is 32.4. The maximum absolute atomic E-state index is 15.0. The van der Waals surface area contributed by atoms with Crippen molar-refractivity contribution in [3.05, 3.63) is 23.4 Å². The van der Waals surface area contributed by atoms with Gasteiger partial charge in [-0.05, 0) is 77.5 Å². The smallest absolute Gasteiger partial charge is 0.326 e. The number of anilines is 1. The van der Waals surface area contributed by atoms with Crippen LogP contribution in [0.5, 0.6) is 0 Å². The van der Waals surface area contributed by atoms with Crippen molar-refractivity contribution in [2.75, 3.05) is 58.3 Å². The maximum atomic E-state index is 15.0. The Balaban J connectivity index is 1.93. The number of hydrogen-bond donors (Lipinski definition) is 3. The molecule has 0 saturated heterocycles. The second kappa shape index (κ2) is 14.9. The molecule has 36 heavy (non-hydrogen) atoms. The molecule has 204 valence electrons. The summed E-state index contributed by atoms with van der Waals surface area (Å²) >= 11 is 0. The number of nitrogens with one attached hydrogen (secondary N) is 2. The van der Waals surface area contributed by atoms with Gasteiger partial charge in [0, 0.05) is 45.5 Å². The molecule has 0 spiro atoms. The minimum atomic E-state index is -1.57. The van der Waals surface area contributed by atoms with Crippen molar-refractivity contribution in [1.82, 2.24) is 20.1 Å². The molecule has 0 bridgehead atoms. The van der Waals surface area contributed by atoms with Crippen molar-refractivity contribution in [3.8, 4) is 0 Å². The van der Waals surface area contributed by atoms with E-state index in [1.54, 1.807) is 0 Å². The van der Waals surface area contributed by atoms with Crippen LogP contribution in [0.2, 0.25) is 0 Å². The molecular formula is C26H44FN5O4. The Morgan fingerprint density at radius 1 is 1.28 bits per heavy atom. The first-order valence-corrected chi connectivity index (χ1v) is 13.1. The van der Waals surface area contributed by atoms with Crippen LogP contribution in [0, 0.1) is 0 Å². The Bertz CT molecular complexity index is 835. The van der Waals surface area contributed by atoms with Gasteiger partial charge in [0.05, 0.1) is 6.61 Å². The lowest BCUT2D eigenvalue weighted by atomic mass is 10.1. The molecule has 10 heteroatoms. The van der Waals surface area contributed by atoms with E-state index in [0.29, 0.717) is 26.2 Å². The minimum absolute atomic E-state index is 0.0450. The summed E-state index contributed by atoms with van der Waals surface area (Å²) in [7, 11) is 1.46. The number of hydrogen-bond acceptors (Lipinski definition) is 6. The number of carboxylic acid groups (broad SMARTS) is 1. The lowest BCUT2D eigenvalue weighted by Gasteiger charge is -2.30. The SMILES string of the molecule is CCN(CC)C(=O)NC(CCN(CCCCc1ccc2c(n1)NCCC2)CC(C)(F)COC)C(=O)O. The number of amides is 2. The summed E-state index contributed by atoms with van der Waals surface area (Å²) in [5.74, 6) is -0.109. The lowest BCUT2D eigenvalue weighted by Crippen LogP contribution is -2.49. The van der Waals surface area contributed by atoms with Crippen LogP contribution >= 0.6 is 0 Å². The molecule has 2 atom stereocenters. The van der Waals surface area contributed by atoms with Crippen molar-refractivity contribution in [2.45, 2.75) is 71.0 Å². The summed E-state index contributed by atoms with van der Waals surface area (Å²) in [5, 5.41) is 15.6. The molecule has 0 radical (unpaired) electrons. The van der Waals surface area contributed by atoms with Crippen molar-refractivity contribution in [2.24, 2.45) is 0 Å². The van der Waals surface area contributed by atoms with Gasteiger partial charge in [0.25, 0.3) is 0 Å². The second-order valence-electron chi connectivity index (χ2n) is 9.72. The highest BCUT2D eigenvalue weighted by molar-refractivity contribution is 5.82. The fraction of sp³-hybridized carbons (Fsp3) is 0.731. The largest absolute Gasteiger partial charge is 0.480 e. The van der Waals surface area contributed by atoms with Gasteiger partial charge in [-0.1, -0.05) is 6.07 Å². The zero-order valence-corrected chi connectivity index (χ0v) is 22.3. The van der Waals surface area contributed by atoms with Gasteiger partial charge >= 0.3 is 12.0 Å². The maximum Gasteiger partial charge on any atom is 0.326 e. The fourth-order valence-corrected chi connectivity index (χ4v) is 4.55. The summed E-state index contributed by atoms with van der Waals surface area (Å²) in [6.07, 6.45) is 4.90. The van der Waals surface area contributed by atoms with Crippen LogP contribution in [0.4, 0.5) is 15.0 Å². The standard InChI is InChI=1S/C26H44FN5O4/c1-5-32(6-2)25(35)30-22(24(33)34)14-17-31(18-26(3,27)19-36-4)16-8-7-11-21-13-12-20-10-9-15-28-23(20)29-21/h12-13,22H,5-11,14-19H2,1-4H3,(H,28,29)(H,30,35)(H,33,34). The summed E-state index contributed by atoms with van der Waals surface area (Å²) in [6.45, 7) is 8.15. The number of alkyl halides is 1. The van der Waals surface area contributed by atoms with Crippen LogP contribution in [0.25, 0.3) is 0 Å². The fourth-order valence-electron chi connectivity index (χ4n) is 4.55. The number of pyridine rings is 1. The molecule has 0 aromatic carbocycles. The number of urea groups is 1. The van der Waals surface area contributed by atoms with Crippen molar-refractivity contribution >= 4 is 17.8 Å². The quantitative estimate of drug-likeness (QED) is 0.294. The van der Waals surface area contributed by atoms with Gasteiger partial charge in [0.15, 0.2) is 0 Å². The number of fused-ring (bicyclic) bond motifs is 1. The third-order valence-electron chi connectivity index (χ3n) is 6.49. The van der Waals surface area contributed by atoms with E-state index in [0.717, 1.165) is 50.2 Å². The van der Waals surface area contributed by atoms with Crippen LogP contribution in [-0.2, 0) is 22.4 Å². The third kappa shape index (κ3) is 9.89. The van der Waals surface area contributed by atoms with Crippen molar-refractivity contribution < 1.29 is 23.8 Å². The highest BCUT2D eigenvalue weighted by Crippen LogP contribution is 2.20. The Morgan fingerprint density at radius 3 is 2.69 bits per heavy atom. The monoisotopic (exact) mass is 509 g/mol. The number of aryl methyl sites for hydroxylation is 2. The molecule has 9 nitrogen and oxygen atoms in total. The predicted molar refractivity (Wildman–Crippen MR) is 139 cm³/mol. The molecule has 2 amide bonds. The number of aliphatic carboxylic acids is 1. The van der Waals surface area contributed by atoms with Crippen LogP contribution in [0.1, 0.15) is 57.7 Å². The molecule has 1 aromatic rings. The molecule has 2 unspecified atom stereocenters. The van der Waals surface area contributed by atoms with E-state index in [2.05, 4.69) is 22.8 Å². The normalized spacial score (nSPS) is 15.5. The number of ether oxygens (including phenoxy) is 1. The van der Waals surface area contributed by atoms with E-state index in [4.69, 9.17) is 9.72 Å². The predicted octanol–water partition coefficient (Wildman–Crippen LogP) is 3.33. The van der Waals surface area contributed by atoms with Crippen molar-refractivity contribution in [1.29, 1.82) is 0 Å². The summed E-state index contributed by atoms with van der Waals surface area (Å²) < 4.78 is 20.0. The number of unbranched alkanes of at least 4 members (excludes halogenated alkanes) is 1. The highest BCUT2D eigenvalue weighted by atomic mass is 19.1. The van der Waals surface area contributed by atoms with E-state index < -0.39 is 23.7 Å². The number of aromatic nitrogens is 1. The van der Waals surface area contributed by atoms with Gasteiger partial charge in [-0.25, -0.2) is 19.0 Å². The molecule has 1 aliphatic heterocycles. The number of halogens is 1. The van der Waals surface area contributed by atoms with Crippen molar-refractivity contribution in [3.63, 3.8) is 0 Å².